The summed E-state index contributed by atoms with van der Waals surface area (Å²) in [5, 5.41) is 10.4. The third-order valence-corrected chi connectivity index (χ3v) is 3.75. The van der Waals surface area contributed by atoms with Gasteiger partial charge in [-0.25, -0.2) is 4.99 Å². The Morgan fingerprint density at radius 2 is 1.92 bits per heavy atom. The number of nitrogens with zero attached hydrogens (tertiary/aromatic N) is 2. The van der Waals surface area contributed by atoms with E-state index in [1.165, 1.54) is 33.1 Å². The number of hydrogen-bond donors (Lipinski definition) is 1. The first-order chi connectivity index (χ1) is 11.5. The fourth-order valence-corrected chi connectivity index (χ4v) is 2.26. The van der Waals surface area contributed by atoms with Crippen LogP contribution in [0.2, 0.25) is 0 Å². The van der Waals surface area contributed by atoms with Crippen LogP contribution in [0.25, 0.3) is 0 Å². The maximum atomic E-state index is 13.6. The van der Waals surface area contributed by atoms with Crippen LogP contribution in [0.5, 0.6) is 5.75 Å². The van der Waals surface area contributed by atoms with E-state index in [1.807, 2.05) is 18.9 Å². The van der Waals surface area contributed by atoms with Gasteiger partial charge in [-0.2, -0.15) is 13.2 Å². The fraction of sp³-hybridized carbons (Fsp3) is 0.500. The number of methoxy groups -OCH3 is 1. The van der Waals surface area contributed by atoms with E-state index < -0.39 is 11.8 Å². The number of ether oxygens (including phenoxy) is 1. The molecule has 140 valence electrons. The molecule has 7 heteroatoms. The molecule has 0 aliphatic carbocycles. The van der Waals surface area contributed by atoms with Gasteiger partial charge >= 0.3 is 6.18 Å². The molecule has 1 rings (SSSR count). The van der Waals surface area contributed by atoms with Crippen molar-refractivity contribution in [3.05, 3.63) is 34.9 Å². The lowest BCUT2D eigenvalue weighted by Gasteiger charge is -2.30. The quantitative estimate of drug-likeness (QED) is 0.468. The van der Waals surface area contributed by atoms with E-state index in [1.54, 1.807) is 13.3 Å². The van der Waals surface area contributed by atoms with Crippen LogP contribution in [0.15, 0.2) is 28.8 Å². The highest BCUT2D eigenvalue weighted by molar-refractivity contribution is 5.65. The van der Waals surface area contributed by atoms with Gasteiger partial charge in [0.15, 0.2) is 0 Å². The predicted octanol–water partition coefficient (Wildman–Crippen LogP) is 4.33. The summed E-state index contributed by atoms with van der Waals surface area (Å²) in [5.74, 6) is -0.0748. The highest BCUT2D eigenvalue weighted by atomic mass is 19.4. The van der Waals surface area contributed by atoms with Gasteiger partial charge in [-0.15, -0.1) is 0 Å². The summed E-state index contributed by atoms with van der Waals surface area (Å²) in [6, 6.07) is 2.67. The fourth-order valence-electron chi connectivity index (χ4n) is 2.26. The Morgan fingerprint density at radius 1 is 1.32 bits per heavy atom. The highest BCUT2D eigenvalue weighted by Crippen LogP contribution is 2.46. The van der Waals surface area contributed by atoms with Crippen LogP contribution >= 0.6 is 0 Å². The second-order valence-corrected chi connectivity index (χ2v) is 6.14. The molecule has 1 aromatic carbocycles. The van der Waals surface area contributed by atoms with Crippen molar-refractivity contribution in [1.29, 1.82) is 0 Å². The molecule has 0 saturated heterocycles. The molecule has 0 fully saturated rings. The summed E-state index contributed by atoms with van der Waals surface area (Å²) in [5.41, 5.74) is -2.18. The van der Waals surface area contributed by atoms with Gasteiger partial charge in [-0.1, -0.05) is 5.57 Å². The van der Waals surface area contributed by atoms with E-state index in [-0.39, 0.29) is 11.3 Å². The smallest absolute Gasteiger partial charge is 0.425 e. The van der Waals surface area contributed by atoms with Gasteiger partial charge in [0.2, 0.25) is 5.60 Å². The first-order valence-corrected chi connectivity index (χ1v) is 7.85. The molecule has 0 heterocycles. The average Bonchev–Trinajstić information content (AvgIpc) is 2.51. The van der Waals surface area contributed by atoms with Gasteiger partial charge in [-0.3, -0.25) is 0 Å². The van der Waals surface area contributed by atoms with E-state index in [9.17, 15) is 18.3 Å². The van der Waals surface area contributed by atoms with Crippen molar-refractivity contribution >= 4 is 12.0 Å². The summed E-state index contributed by atoms with van der Waals surface area (Å²) in [4.78, 5) is 6.10. The molecule has 0 aliphatic heterocycles. The lowest BCUT2D eigenvalue weighted by Crippen LogP contribution is -2.41. The molecule has 0 amide bonds. The Morgan fingerprint density at radius 3 is 2.36 bits per heavy atom. The van der Waals surface area contributed by atoms with Crippen LogP contribution in [0.3, 0.4) is 0 Å². The SMILES string of the molecule is CCN(C)C=Nc1cc(OC)c(C(O)(C=C(C)C)C(F)(F)F)cc1C. The number of alkyl halides is 3. The van der Waals surface area contributed by atoms with Gasteiger partial charge in [0.25, 0.3) is 0 Å². The average molecular weight is 358 g/mol. The van der Waals surface area contributed by atoms with Crippen molar-refractivity contribution in [3.63, 3.8) is 0 Å². The van der Waals surface area contributed by atoms with Crippen LogP contribution in [-0.2, 0) is 5.60 Å². The van der Waals surface area contributed by atoms with Crippen molar-refractivity contribution in [1.82, 2.24) is 4.90 Å². The van der Waals surface area contributed by atoms with Crippen LogP contribution in [-0.4, -0.2) is 43.2 Å². The molecule has 1 aromatic rings. The zero-order valence-electron chi connectivity index (χ0n) is 15.4. The number of aliphatic imine (C=N–C) groups is 1. The summed E-state index contributed by atoms with van der Waals surface area (Å²) in [7, 11) is 3.10. The maximum Gasteiger partial charge on any atom is 0.425 e. The predicted molar refractivity (Wildman–Crippen MR) is 93.6 cm³/mol. The third-order valence-electron chi connectivity index (χ3n) is 3.75. The van der Waals surface area contributed by atoms with Crippen LogP contribution < -0.4 is 4.74 Å². The van der Waals surface area contributed by atoms with E-state index in [0.717, 1.165) is 12.6 Å². The number of allylic oxidation sites excluding steroid dienone is 1. The lowest BCUT2D eigenvalue weighted by molar-refractivity contribution is -0.245. The maximum absolute atomic E-state index is 13.6. The van der Waals surface area contributed by atoms with Gasteiger partial charge < -0.3 is 14.7 Å². The Bertz CT molecular complexity index is 665. The van der Waals surface area contributed by atoms with E-state index in [2.05, 4.69) is 4.99 Å². The second kappa shape index (κ2) is 7.91. The van der Waals surface area contributed by atoms with E-state index in [4.69, 9.17) is 4.74 Å². The van der Waals surface area contributed by atoms with Gasteiger partial charge in [0.1, 0.15) is 5.75 Å². The minimum absolute atomic E-state index is 0.0748. The van der Waals surface area contributed by atoms with Crippen molar-refractivity contribution in [3.8, 4) is 5.75 Å². The second-order valence-electron chi connectivity index (χ2n) is 6.14. The van der Waals surface area contributed by atoms with Crippen molar-refractivity contribution < 1.29 is 23.0 Å². The standard InChI is InChI=1S/C18H25F3N2O2/c1-7-23(5)11-22-15-9-16(25-6)14(8-13(15)4)17(24,10-12(2)3)18(19,20)21/h8-11,24H,7H2,1-6H3. The molecule has 0 spiro atoms. The lowest BCUT2D eigenvalue weighted by atomic mass is 9.88. The number of aliphatic hydroxyl groups is 1. The van der Waals surface area contributed by atoms with Crippen LogP contribution in [0.1, 0.15) is 31.9 Å². The topological polar surface area (TPSA) is 45.1 Å². The molecular weight excluding hydrogens is 333 g/mol. The number of benzene rings is 1. The van der Waals surface area contributed by atoms with Gasteiger partial charge in [0.05, 0.1) is 19.1 Å². The van der Waals surface area contributed by atoms with Gasteiger partial charge in [-0.05, 0) is 45.4 Å². The zero-order chi connectivity index (χ0) is 19.4. The summed E-state index contributed by atoms with van der Waals surface area (Å²) in [6.07, 6.45) is -2.51. The normalized spacial score (nSPS) is 14.3. The Kier molecular flexibility index (Phi) is 6.65. The highest BCUT2D eigenvalue weighted by Gasteiger charge is 2.55. The zero-order valence-corrected chi connectivity index (χ0v) is 15.4. The molecular formula is C18H25F3N2O2. The summed E-state index contributed by atoms with van der Waals surface area (Å²) >= 11 is 0. The van der Waals surface area contributed by atoms with Gasteiger partial charge in [0, 0.05) is 25.2 Å². The third kappa shape index (κ3) is 4.75. The molecule has 1 unspecified atom stereocenters. The summed E-state index contributed by atoms with van der Waals surface area (Å²) in [6.45, 7) is 7.32. The van der Waals surface area contributed by atoms with Crippen LogP contribution in [0, 0.1) is 6.92 Å². The first kappa shape index (κ1) is 21.0. The molecule has 1 N–H and O–H groups in total. The number of halogens is 3. The summed E-state index contributed by atoms with van der Waals surface area (Å²) < 4.78 is 46.0. The molecule has 4 nitrogen and oxygen atoms in total. The number of rotatable bonds is 6. The molecule has 0 aliphatic rings. The van der Waals surface area contributed by atoms with Crippen molar-refractivity contribution in [2.75, 3.05) is 20.7 Å². The Balaban J connectivity index is 3.57. The monoisotopic (exact) mass is 358 g/mol. The van der Waals surface area contributed by atoms with Crippen molar-refractivity contribution in [2.45, 2.75) is 39.5 Å². The molecule has 0 saturated carbocycles. The first-order valence-electron chi connectivity index (χ1n) is 7.85. The molecule has 1 atom stereocenters. The number of hydrogen-bond acceptors (Lipinski definition) is 3. The molecule has 0 bridgehead atoms. The Labute approximate surface area is 146 Å². The van der Waals surface area contributed by atoms with E-state index >= 15 is 0 Å². The molecule has 0 aromatic heterocycles. The minimum Gasteiger partial charge on any atom is -0.496 e. The van der Waals surface area contributed by atoms with Crippen LogP contribution in [0.4, 0.5) is 18.9 Å². The molecule has 0 radical (unpaired) electrons. The van der Waals surface area contributed by atoms with Crippen molar-refractivity contribution in [2.24, 2.45) is 4.99 Å². The Hall–Kier alpha value is -2.02. The van der Waals surface area contributed by atoms with E-state index in [0.29, 0.717) is 16.8 Å². The number of aryl methyl sites for hydroxylation is 1. The largest absolute Gasteiger partial charge is 0.496 e. The minimum atomic E-state index is -4.89. The molecule has 25 heavy (non-hydrogen) atoms.